The summed E-state index contributed by atoms with van der Waals surface area (Å²) < 4.78 is 7.27. The second-order valence-corrected chi connectivity index (χ2v) is 9.13. The molecule has 0 radical (unpaired) electrons. The number of nitrogens with zero attached hydrogens (tertiary/aromatic N) is 3. The molecule has 3 aromatic carbocycles. The molecule has 0 saturated carbocycles. The molecule has 0 fully saturated rings. The van der Waals surface area contributed by atoms with E-state index in [4.69, 9.17) is 4.74 Å². The zero-order chi connectivity index (χ0) is 24.6. The molecule has 0 bridgehead atoms. The van der Waals surface area contributed by atoms with E-state index in [1.807, 2.05) is 72.2 Å². The summed E-state index contributed by atoms with van der Waals surface area (Å²) in [5.74, 6) is 2.11. The molecule has 0 unspecified atom stereocenters. The minimum atomic E-state index is -0.0435. The van der Waals surface area contributed by atoms with E-state index >= 15 is 0 Å². The lowest BCUT2D eigenvalue weighted by Crippen LogP contribution is -2.13. The van der Waals surface area contributed by atoms with Gasteiger partial charge in [-0.15, -0.1) is 10.2 Å². The molecule has 7 nitrogen and oxygen atoms in total. The maximum Gasteiger partial charge on any atom is 0.225 e. The molecule has 4 rings (SSSR count). The van der Waals surface area contributed by atoms with Crippen molar-refractivity contribution in [1.82, 2.24) is 14.8 Å². The van der Waals surface area contributed by atoms with Gasteiger partial charge in [0.2, 0.25) is 5.91 Å². The standard InChI is InChI=1S/C27H29N5O2S/c1-19-9-7-8-12-23(19)28-18-25-30-31-27(32(25)21-10-5-4-6-11-21)35-16-15-26(33)29-24-14-13-22(34-3)17-20(24)2/h4-14,17,28H,15-16,18H2,1-3H3,(H,29,33). The third kappa shape index (κ3) is 6.22. The Kier molecular flexibility index (Phi) is 8.05. The quantitative estimate of drug-likeness (QED) is 0.282. The lowest BCUT2D eigenvalue weighted by molar-refractivity contribution is -0.115. The van der Waals surface area contributed by atoms with Crippen LogP contribution in [0.3, 0.4) is 0 Å². The average molecular weight is 488 g/mol. The highest BCUT2D eigenvalue weighted by molar-refractivity contribution is 7.99. The SMILES string of the molecule is COc1ccc(NC(=O)CCSc2nnc(CNc3ccccc3C)n2-c2ccccc2)c(C)c1. The first-order valence-corrected chi connectivity index (χ1v) is 12.4. The Labute approximate surface area is 209 Å². The van der Waals surface area contributed by atoms with Gasteiger partial charge in [-0.05, 0) is 61.4 Å². The number of hydrogen-bond donors (Lipinski definition) is 2. The van der Waals surface area contributed by atoms with Crippen LogP contribution in [-0.4, -0.2) is 33.5 Å². The van der Waals surface area contributed by atoms with Crippen molar-refractivity contribution < 1.29 is 9.53 Å². The fraction of sp³-hybridized carbons (Fsp3) is 0.222. The van der Waals surface area contributed by atoms with E-state index in [0.717, 1.165) is 39.4 Å². The molecule has 180 valence electrons. The van der Waals surface area contributed by atoms with Crippen molar-refractivity contribution in [2.75, 3.05) is 23.5 Å². The van der Waals surface area contributed by atoms with E-state index in [2.05, 4.69) is 39.9 Å². The fourth-order valence-electron chi connectivity index (χ4n) is 3.64. The zero-order valence-corrected chi connectivity index (χ0v) is 20.9. The highest BCUT2D eigenvalue weighted by atomic mass is 32.2. The molecule has 1 amide bonds. The second kappa shape index (κ2) is 11.6. The van der Waals surface area contributed by atoms with Crippen molar-refractivity contribution in [3.8, 4) is 11.4 Å². The number of benzene rings is 3. The first kappa shape index (κ1) is 24.3. The molecule has 1 heterocycles. The number of carbonyl (C=O) groups is 1. The molecule has 0 atom stereocenters. The number of thioether (sulfide) groups is 1. The molecule has 4 aromatic rings. The maximum absolute atomic E-state index is 12.6. The molecule has 0 aliphatic rings. The van der Waals surface area contributed by atoms with Crippen LogP contribution in [0, 0.1) is 13.8 Å². The lowest BCUT2D eigenvalue weighted by atomic mass is 10.2. The third-order valence-electron chi connectivity index (χ3n) is 5.56. The first-order chi connectivity index (χ1) is 17.0. The van der Waals surface area contributed by atoms with Gasteiger partial charge in [-0.3, -0.25) is 9.36 Å². The Bertz CT molecular complexity index is 1290. The monoisotopic (exact) mass is 487 g/mol. The van der Waals surface area contributed by atoms with E-state index in [-0.39, 0.29) is 5.91 Å². The number of para-hydroxylation sites is 2. The van der Waals surface area contributed by atoms with Crippen molar-refractivity contribution in [3.05, 3.63) is 89.7 Å². The number of aromatic nitrogens is 3. The van der Waals surface area contributed by atoms with Crippen LogP contribution >= 0.6 is 11.8 Å². The smallest absolute Gasteiger partial charge is 0.225 e. The van der Waals surface area contributed by atoms with Gasteiger partial charge in [-0.1, -0.05) is 48.2 Å². The average Bonchev–Trinajstić information content (AvgIpc) is 3.28. The van der Waals surface area contributed by atoms with E-state index < -0.39 is 0 Å². The Hall–Kier alpha value is -3.78. The van der Waals surface area contributed by atoms with Gasteiger partial charge in [-0.2, -0.15) is 0 Å². The molecule has 0 spiro atoms. The van der Waals surface area contributed by atoms with Crippen LogP contribution < -0.4 is 15.4 Å². The normalized spacial score (nSPS) is 10.7. The molecule has 0 saturated heterocycles. The largest absolute Gasteiger partial charge is 0.497 e. The molecular formula is C27H29N5O2S. The number of hydrogen-bond acceptors (Lipinski definition) is 6. The number of aryl methyl sites for hydroxylation is 2. The zero-order valence-electron chi connectivity index (χ0n) is 20.1. The van der Waals surface area contributed by atoms with Crippen LogP contribution in [0.15, 0.2) is 78.0 Å². The van der Waals surface area contributed by atoms with Crippen LogP contribution in [0.4, 0.5) is 11.4 Å². The highest BCUT2D eigenvalue weighted by Gasteiger charge is 2.15. The van der Waals surface area contributed by atoms with Crippen LogP contribution in [0.25, 0.3) is 5.69 Å². The number of methoxy groups -OCH3 is 1. The molecular weight excluding hydrogens is 458 g/mol. The summed E-state index contributed by atoms with van der Waals surface area (Å²) in [6.07, 6.45) is 0.356. The Morgan fingerprint density at radius 1 is 0.943 bits per heavy atom. The Morgan fingerprint density at radius 3 is 2.46 bits per heavy atom. The summed E-state index contributed by atoms with van der Waals surface area (Å²) >= 11 is 1.52. The summed E-state index contributed by atoms with van der Waals surface area (Å²) in [5.41, 5.74) is 4.97. The molecule has 2 N–H and O–H groups in total. The van der Waals surface area contributed by atoms with Crippen molar-refractivity contribution in [2.24, 2.45) is 0 Å². The van der Waals surface area contributed by atoms with Gasteiger partial charge in [0.15, 0.2) is 11.0 Å². The molecule has 0 aliphatic carbocycles. The molecule has 1 aromatic heterocycles. The van der Waals surface area contributed by atoms with Gasteiger partial charge in [0.1, 0.15) is 5.75 Å². The number of anilines is 2. The Morgan fingerprint density at radius 2 is 1.71 bits per heavy atom. The van der Waals surface area contributed by atoms with E-state index in [0.29, 0.717) is 18.7 Å². The minimum absolute atomic E-state index is 0.0435. The minimum Gasteiger partial charge on any atom is -0.497 e. The van der Waals surface area contributed by atoms with Crippen molar-refractivity contribution in [2.45, 2.75) is 32.0 Å². The second-order valence-electron chi connectivity index (χ2n) is 8.07. The van der Waals surface area contributed by atoms with Crippen molar-refractivity contribution in [3.63, 3.8) is 0 Å². The van der Waals surface area contributed by atoms with Gasteiger partial charge >= 0.3 is 0 Å². The van der Waals surface area contributed by atoms with Crippen molar-refractivity contribution in [1.29, 1.82) is 0 Å². The van der Waals surface area contributed by atoms with Gasteiger partial charge in [0.25, 0.3) is 0 Å². The van der Waals surface area contributed by atoms with Gasteiger partial charge in [0, 0.05) is 29.2 Å². The van der Waals surface area contributed by atoms with Crippen LogP contribution in [0.1, 0.15) is 23.4 Å². The predicted molar refractivity (Wildman–Crippen MR) is 142 cm³/mol. The summed E-state index contributed by atoms with van der Waals surface area (Å²) in [6.45, 7) is 4.55. The number of amides is 1. The molecule has 0 aliphatic heterocycles. The number of rotatable bonds is 10. The summed E-state index contributed by atoms with van der Waals surface area (Å²) in [5, 5.41) is 16.1. The predicted octanol–water partition coefficient (Wildman–Crippen LogP) is 5.63. The number of carbonyl (C=O) groups excluding carboxylic acids is 1. The summed E-state index contributed by atoms with van der Waals surface area (Å²) in [6, 6.07) is 23.8. The topological polar surface area (TPSA) is 81.1 Å². The van der Waals surface area contributed by atoms with Crippen LogP contribution in [0.5, 0.6) is 5.75 Å². The van der Waals surface area contributed by atoms with E-state index in [9.17, 15) is 4.79 Å². The summed E-state index contributed by atoms with van der Waals surface area (Å²) in [7, 11) is 1.63. The number of nitrogens with one attached hydrogen (secondary N) is 2. The first-order valence-electron chi connectivity index (χ1n) is 11.4. The van der Waals surface area contributed by atoms with E-state index in [1.165, 1.54) is 17.3 Å². The van der Waals surface area contributed by atoms with Crippen LogP contribution in [0.2, 0.25) is 0 Å². The maximum atomic E-state index is 12.6. The molecule has 35 heavy (non-hydrogen) atoms. The number of ether oxygens (including phenoxy) is 1. The lowest BCUT2D eigenvalue weighted by Gasteiger charge is -2.13. The van der Waals surface area contributed by atoms with Gasteiger partial charge in [-0.25, -0.2) is 0 Å². The van der Waals surface area contributed by atoms with Crippen molar-refractivity contribution >= 4 is 29.0 Å². The molecule has 8 heteroatoms. The van der Waals surface area contributed by atoms with Gasteiger partial charge in [0.05, 0.1) is 13.7 Å². The van der Waals surface area contributed by atoms with E-state index in [1.54, 1.807) is 7.11 Å². The van der Waals surface area contributed by atoms with Gasteiger partial charge < -0.3 is 15.4 Å². The summed E-state index contributed by atoms with van der Waals surface area (Å²) in [4.78, 5) is 12.6. The highest BCUT2D eigenvalue weighted by Crippen LogP contribution is 2.25. The van der Waals surface area contributed by atoms with Crippen LogP contribution in [-0.2, 0) is 11.3 Å². The third-order valence-corrected chi connectivity index (χ3v) is 6.50. The Balaban J connectivity index is 1.42. The fourth-order valence-corrected chi connectivity index (χ4v) is 4.55.